The summed E-state index contributed by atoms with van der Waals surface area (Å²) < 4.78 is 2.39. The van der Waals surface area contributed by atoms with E-state index in [1.807, 2.05) is 0 Å². The molecule has 0 spiro atoms. The fraction of sp³-hybridized carbons (Fsp3) is 0.667. The summed E-state index contributed by atoms with van der Waals surface area (Å²) in [6, 6.07) is 0. The largest absolute Gasteiger partial charge is 0.353 e. The van der Waals surface area contributed by atoms with Crippen LogP contribution >= 0.6 is 0 Å². The van der Waals surface area contributed by atoms with Crippen LogP contribution in [0.5, 0.6) is 0 Å². The third-order valence-corrected chi connectivity index (χ3v) is 7.01. The highest BCUT2D eigenvalue weighted by molar-refractivity contribution is 5.91. The third-order valence-electron chi connectivity index (χ3n) is 7.01. The lowest BCUT2D eigenvalue weighted by Gasteiger charge is -2.57. The van der Waals surface area contributed by atoms with E-state index >= 15 is 0 Å². The molecule has 6 heteroatoms. The number of carbonyl (C=O) groups is 1. The van der Waals surface area contributed by atoms with Gasteiger partial charge in [-0.25, -0.2) is 4.79 Å². The van der Waals surface area contributed by atoms with Crippen LogP contribution < -0.4 is 16.6 Å². The second kappa shape index (κ2) is 6.80. The van der Waals surface area contributed by atoms with Gasteiger partial charge in [-0.15, -0.1) is 0 Å². The van der Waals surface area contributed by atoms with Crippen molar-refractivity contribution in [1.82, 2.24) is 14.5 Å². The van der Waals surface area contributed by atoms with Crippen LogP contribution in [0.15, 0.2) is 21.9 Å². The molecule has 4 fully saturated rings. The summed E-state index contributed by atoms with van der Waals surface area (Å²) in [6.45, 7) is 0.695. The molecule has 0 aromatic carbocycles. The highest BCUT2D eigenvalue weighted by Crippen LogP contribution is 2.61. The summed E-state index contributed by atoms with van der Waals surface area (Å²) >= 11 is 0. The molecule has 0 aliphatic heterocycles. The topological polar surface area (TPSA) is 73.1 Å². The van der Waals surface area contributed by atoms with Gasteiger partial charge >= 0.3 is 5.69 Å². The Balaban J connectivity index is 1.34. The fourth-order valence-corrected chi connectivity index (χ4v) is 6.22. The molecule has 6 nitrogen and oxygen atoms in total. The molecular weight excluding hydrogens is 342 g/mol. The number of carbonyl (C=O) groups excluding carboxylic acids is 1. The number of amides is 1. The van der Waals surface area contributed by atoms with Crippen LogP contribution in [0.25, 0.3) is 6.08 Å². The second-order valence-electron chi connectivity index (χ2n) is 9.13. The first-order valence-electron chi connectivity index (χ1n) is 10.1. The van der Waals surface area contributed by atoms with Crippen LogP contribution in [-0.4, -0.2) is 21.6 Å². The summed E-state index contributed by atoms with van der Waals surface area (Å²) in [5, 5.41) is 2.98. The molecule has 1 amide bonds. The van der Waals surface area contributed by atoms with Gasteiger partial charge in [-0.05, 0) is 74.2 Å². The van der Waals surface area contributed by atoms with Crippen molar-refractivity contribution in [1.29, 1.82) is 0 Å². The Kier molecular flexibility index (Phi) is 4.60. The molecular formula is C21H29N3O3. The van der Waals surface area contributed by atoms with Crippen LogP contribution in [0.1, 0.15) is 50.5 Å². The number of aromatic nitrogens is 2. The lowest BCUT2D eigenvalue weighted by molar-refractivity contribution is -0.116. The standard InChI is InChI=1S/C21H29N3O3/c1-23-13-17(19(26)24(2)20(23)27)3-4-18(25)22-6-5-21-10-14-7-15(11-21)9-16(8-14)12-21/h3-4,13-16H,5-12H2,1-2H3,(H,22,25)/b4-3+. The van der Waals surface area contributed by atoms with E-state index in [2.05, 4.69) is 5.32 Å². The van der Waals surface area contributed by atoms with Crippen molar-refractivity contribution < 1.29 is 4.79 Å². The van der Waals surface area contributed by atoms with Crippen LogP contribution in [0.3, 0.4) is 0 Å². The van der Waals surface area contributed by atoms with Crippen molar-refractivity contribution in [2.75, 3.05) is 6.54 Å². The maximum atomic E-state index is 12.2. The van der Waals surface area contributed by atoms with Gasteiger partial charge in [0.25, 0.3) is 5.56 Å². The average Bonchev–Trinajstić information content (AvgIpc) is 2.60. The number of nitrogens with one attached hydrogen (secondary N) is 1. The van der Waals surface area contributed by atoms with Gasteiger partial charge < -0.3 is 9.88 Å². The van der Waals surface area contributed by atoms with Gasteiger partial charge in [-0.1, -0.05) is 0 Å². The zero-order valence-electron chi connectivity index (χ0n) is 16.2. The Morgan fingerprint density at radius 3 is 2.33 bits per heavy atom. The molecule has 4 saturated carbocycles. The predicted molar refractivity (Wildman–Crippen MR) is 104 cm³/mol. The Morgan fingerprint density at radius 1 is 1.15 bits per heavy atom. The lowest BCUT2D eigenvalue weighted by Crippen LogP contribution is -2.47. The smallest absolute Gasteiger partial charge is 0.330 e. The van der Waals surface area contributed by atoms with Crippen LogP contribution in [-0.2, 0) is 18.9 Å². The Labute approximate surface area is 159 Å². The van der Waals surface area contributed by atoms with Crippen LogP contribution in [0.4, 0.5) is 0 Å². The molecule has 1 N–H and O–H groups in total. The molecule has 5 rings (SSSR count). The number of nitrogens with zero attached hydrogens (tertiary/aromatic N) is 2. The minimum atomic E-state index is -0.393. The average molecular weight is 371 g/mol. The number of hydrogen-bond donors (Lipinski definition) is 1. The Hall–Kier alpha value is -2.11. The predicted octanol–water partition coefficient (Wildman–Crippen LogP) is 1.82. The molecule has 0 unspecified atom stereocenters. The molecule has 4 bridgehead atoms. The molecule has 27 heavy (non-hydrogen) atoms. The van der Waals surface area contributed by atoms with Gasteiger partial charge in [0.15, 0.2) is 0 Å². The summed E-state index contributed by atoms with van der Waals surface area (Å²) in [6.07, 6.45) is 13.7. The summed E-state index contributed by atoms with van der Waals surface area (Å²) in [5.74, 6) is 2.59. The number of aryl methyl sites for hydroxylation is 1. The second-order valence-corrected chi connectivity index (χ2v) is 9.13. The van der Waals surface area contributed by atoms with Crippen LogP contribution in [0, 0.1) is 23.2 Å². The van der Waals surface area contributed by atoms with Gasteiger partial charge in [-0.2, -0.15) is 0 Å². The van der Waals surface area contributed by atoms with Crippen molar-refractivity contribution in [2.45, 2.75) is 44.9 Å². The quantitative estimate of drug-likeness (QED) is 0.803. The molecule has 0 saturated heterocycles. The zero-order valence-corrected chi connectivity index (χ0v) is 16.2. The molecule has 0 atom stereocenters. The van der Waals surface area contributed by atoms with Gasteiger partial charge in [0.1, 0.15) is 0 Å². The van der Waals surface area contributed by atoms with Crippen molar-refractivity contribution in [3.8, 4) is 0 Å². The van der Waals surface area contributed by atoms with Gasteiger partial charge in [0.05, 0.1) is 5.56 Å². The van der Waals surface area contributed by atoms with E-state index in [0.717, 1.165) is 28.7 Å². The fourth-order valence-electron chi connectivity index (χ4n) is 6.22. The van der Waals surface area contributed by atoms with E-state index in [0.29, 0.717) is 17.5 Å². The summed E-state index contributed by atoms with van der Waals surface area (Å²) in [7, 11) is 3.03. The van der Waals surface area contributed by atoms with E-state index in [9.17, 15) is 14.4 Å². The minimum Gasteiger partial charge on any atom is -0.353 e. The summed E-state index contributed by atoms with van der Waals surface area (Å²) in [5.41, 5.74) is 0.0167. The Morgan fingerprint density at radius 2 is 1.74 bits per heavy atom. The van der Waals surface area contributed by atoms with E-state index in [1.165, 1.54) is 68.5 Å². The molecule has 4 aliphatic rings. The first kappa shape index (κ1) is 18.3. The van der Waals surface area contributed by atoms with Crippen molar-refractivity contribution in [3.63, 3.8) is 0 Å². The third kappa shape index (κ3) is 3.54. The van der Waals surface area contributed by atoms with E-state index < -0.39 is 5.56 Å². The summed E-state index contributed by atoms with van der Waals surface area (Å²) in [4.78, 5) is 36.0. The maximum absolute atomic E-state index is 12.2. The van der Waals surface area contributed by atoms with Crippen LogP contribution in [0.2, 0.25) is 0 Å². The minimum absolute atomic E-state index is 0.185. The molecule has 1 aromatic heterocycles. The maximum Gasteiger partial charge on any atom is 0.330 e. The van der Waals surface area contributed by atoms with Crippen molar-refractivity contribution >= 4 is 12.0 Å². The first-order valence-corrected chi connectivity index (χ1v) is 10.1. The van der Waals surface area contributed by atoms with Gasteiger partial charge in [0.2, 0.25) is 5.91 Å². The Bertz CT molecular complexity index is 858. The van der Waals surface area contributed by atoms with Gasteiger partial charge in [0, 0.05) is 32.9 Å². The highest BCUT2D eigenvalue weighted by atomic mass is 16.2. The molecule has 146 valence electrons. The van der Waals surface area contributed by atoms with E-state index in [1.54, 1.807) is 7.05 Å². The van der Waals surface area contributed by atoms with E-state index in [4.69, 9.17) is 0 Å². The SMILES string of the molecule is Cn1cc(/C=C/C(=O)NCCC23CC4CC(CC(C4)C2)C3)c(=O)n(C)c1=O. The molecule has 4 aliphatic carbocycles. The molecule has 1 aromatic rings. The zero-order chi connectivity index (χ0) is 19.2. The van der Waals surface area contributed by atoms with Crippen molar-refractivity contribution in [3.05, 3.63) is 38.7 Å². The molecule has 1 heterocycles. The number of hydrogen-bond acceptors (Lipinski definition) is 3. The number of rotatable bonds is 5. The normalized spacial score (nSPS) is 31.6. The van der Waals surface area contributed by atoms with E-state index in [-0.39, 0.29) is 11.6 Å². The first-order chi connectivity index (χ1) is 12.8. The monoisotopic (exact) mass is 371 g/mol. The van der Waals surface area contributed by atoms with Gasteiger partial charge in [-0.3, -0.25) is 14.2 Å². The molecule has 0 radical (unpaired) electrons. The highest BCUT2D eigenvalue weighted by Gasteiger charge is 2.50. The van der Waals surface area contributed by atoms with Crippen molar-refractivity contribution in [2.24, 2.45) is 37.3 Å². The lowest BCUT2D eigenvalue weighted by atomic mass is 9.49.